The van der Waals surface area contributed by atoms with Crippen molar-refractivity contribution < 1.29 is 4.79 Å². The summed E-state index contributed by atoms with van der Waals surface area (Å²) in [5, 5.41) is 0.572. The zero-order valence-corrected chi connectivity index (χ0v) is 10.6. The molecule has 1 aromatic carbocycles. The minimum Gasteiger partial charge on any atom is -0.399 e. The number of halogens is 2. The van der Waals surface area contributed by atoms with Gasteiger partial charge < -0.3 is 10.6 Å². The van der Waals surface area contributed by atoms with Gasteiger partial charge in [0.15, 0.2) is 0 Å². The fourth-order valence-electron chi connectivity index (χ4n) is 1.76. The fraction of sp³-hybridized carbons (Fsp3) is 0.250. The molecule has 17 heavy (non-hydrogen) atoms. The highest BCUT2D eigenvalue weighted by Gasteiger charge is 2.20. The number of nitrogen functional groups attached to an aromatic ring is 1. The first-order chi connectivity index (χ1) is 8.09. The van der Waals surface area contributed by atoms with Gasteiger partial charge in [0, 0.05) is 18.8 Å². The number of rotatable bonds is 1. The van der Waals surface area contributed by atoms with Gasteiger partial charge in [-0.3, -0.25) is 4.79 Å². The van der Waals surface area contributed by atoms with Crippen molar-refractivity contribution in [2.75, 3.05) is 18.8 Å². The van der Waals surface area contributed by atoms with Crippen LogP contribution in [0.3, 0.4) is 0 Å². The third-order valence-electron chi connectivity index (χ3n) is 2.63. The van der Waals surface area contributed by atoms with E-state index in [4.69, 9.17) is 28.9 Å². The van der Waals surface area contributed by atoms with Gasteiger partial charge in [-0.15, -0.1) is 0 Å². The van der Waals surface area contributed by atoms with Gasteiger partial charge in [-0.25, -0.2) is 0 Å². The van der Waals surface area contributed by atoms with E-state index in [1.807, 2.05) is 6.08 Å². The van der Waals surface area contributed by atoms with Crippen LogP contribution < -0.4 is 5.73 Å². The van der Waals surface area contributed by atoms with Gasteiger partial charge in [0.1, 0.15) is 0 Å². The Morgan fingerprint density at radius 2 is 2.06 bits per heavy atom. The molecule has 2 rings (SSSR count). The quantitative estimate of drug-likeness (QED) is 0.630. The summed E-state index contributed by atoms with van der Waals surface area (Å²) >= 11 is 11.9. The van der Waals surface area contributed by atoms with E-state index >= 15 is 0 Å². The van der Waals surface area contributed by atoms with Gasteiger partial charge in [0.25, 0.3) is 5.91 Å². The van der Waals surface area contributed by atoms with E-state index in [2.05, 4.69) is 6.08 Å². The van der Waals surface area contributed by atoms with E-state index in [1.54, 1.807) is 11.0 Å². The van der Waals surface area contributed by atoms with Crippen molar-refractivity contribution in [1.82, 2.24) is 4.90 Å². The summed E-state index contributed by atoms with van der Waals surface area (Å²) in [6, 6.07) is 3.10. The normalized spacial score (nSPS) is 15.1. The average molecular weight is 271 g/mol. The number of anilines is 1. The van der Waals surface area contributed by atoms with Crippen LogP contribution in [-0.2, 0) is 0 Å². The number of nitrogens with zero attached hydrogens (tertiary/aromatic N) is 1. The second-order valence-electron chi connectivity index (χ2n) is 3.88. The third kappa shape index (κ3) is 2.56. The lowest BCUT2D eigenvalue weighted by Crippen LogP contribution is -2.34. The van der Waals surface area contributed by atoms with Gasteiger partial charge in [-0.05, 0) is 18.6 Å². The summed E-state index contributed by atoms with van der Waals surface area (Å²) in [5.41, 5.74) is 6.48. The first-order valence-corrected chi connectivity index (χ1v) is 6.04. The largest absolute Gasteiger partial charge is 0.399 e. The molecule has 1 aliphatic heterocycles. The molecule has 0 unspecified atom stereocenters. The lowest BCUT2D eigenvalue weighted by Gasteiger charge is -2.24. The summed E-state index contributed by atoms with van der Waals surface area (Å²) in [4.78, 5) is 13.9. The topological polar surface area (TPSA) is 46.3 Å². The van der Waals surface area contributed by atoms with Crippen molar-refractivity contribution >= 4 is 34.8 Å². The molecule has 0 fully saturated rings. The van der Waals surface area contributed by atoms with E-state index in [-0.39, 0.29) is 10.9 Å². The molecule has 3 nitrogen and oxygen atoms in total. The van der Waals surface area contributed by atoms with Crippen LogP contribution >= 0.6 is 23.2 Å². The Morgan fingerprint density at radius 3 is 2.71 bits per heavy atom. The monoisotopic (exact) mass is 270 g/mol. The number of amides is 1. The Labute approximate surface area is 110 Å². The van der Waals surface area contributed by atoms with E-state index in [0.29, 0.717) is 29.4 Å². The maximum absolute atomic E-state index is 12.2. The van der Waals surface area contributed by atoms with Gasteiger partial charge in [0.05, 0.1) is 15.6 Å². The first kappa shape index (κ1) is 12.3. The van der Waals surface area contributed by atoms with Crippen molar-refractivity contribution in [3.05, 3.63) is 39.9 Å². The van der Waals surface area contributed by atoms with Crippen molar-refractivity contribution in [3.8, 4) is 0 Å². The van der Waals surface area contributed by atoms with Crippen LogP contribution in [0.1, 0.15) is 16.8 Å². The van der Waals surface area contributed by atoms with Crippen molar-refractivity contribution in [2.24, 2.45) is 0 Å². The zero-order chi connectivity index (χ0) is 12.4. The predicted molar refractivity (Wildman–Crippen MR) is 70.5 cm³/mol. The van der Waals surface area contributed by atoms with Crippen LogP contribution in [0.5, 0.6) is 0 Å². The SMILES string of the molecule is Nc1cc(Cl)c(Cl)c(C(=O)N2CC=CCC2)c1. The predicted octanol–water partition coefficient (Wildman–Crippen LogP) is 2.98. The summed E-state index contributed by atoms with van der Waals surface area (Å²) < 4.78 is 0. The van der Waals surface area contributed by atoms with Crippen molar-refractivity contribution in [2.45, 2.75) is 6.42 Å². The highest BCUT2D eigenvalue weighted by molar-refractivity contribution is 6.44. The second-order valence-corrected chi connectivity index (χ2v) is 4.66. The molecule has 0 bridgehead atoms. The highest BCUT2D eigenvalue weighted by Crippen LogP contribution is 2.29. The minimum atomic E-state index is -0.131. The van der Waals surface area contributed by atoms with Crippen LogP contribution in [-0.4, -0.2) is 23.9 Å². The zero-order valence-electron chi connectivity index (χ0n) is 9.12. The van der Waals surface area contributed by atoms with Gasteiger partial charge >= 0.3 is 0 Å². The average Bonchev–Trinajstić information content (AvgIpc) is 2.34. The van der Waals surface area contributed by atoms with Crippen molar-refractivity contribution in [3.63, 3.8) is 0 Å². The van der Waals surface area contributed by atoms with E-state index in [1.165, 1.54) is 6.07 Å². The molecule has 5 heteroatoms. The van der Waals surface area contributed by atoms with E-state index < -0.39 is 0 Å². The maximum atomic E-state index is 12.2. The molecule has 2 N–H and O–H groups in total. The van der Waals surface area contributed by atoms with Crippen molar-refractivity contribution in [1.29, 1.82) is 0 Å². The number of benzene rings is 1. The van der Waals surface area contributed by atoms with Gasteiger partial charge in [-0.2, -0.15) is 0 Å². The van der Waals surface area contributed by atoms with Gasteiger partial charge in [-0.1, -0.05) is 35.4 Å². The number of nitrogens with two attached hydrogens (primary N) is 1. The van der Waals surface area contributed by atoms with E-state index in [0.717, 1.165) is 6.42 Å². The van der Waals surface area contributed by atoms with Crippen LogP contribution in [0.4, 0.5) is 5.69 Å². The molecular formula is C12H12Cl2N2O. The Morgan fingerprint density at radius 1 is 1.29 bits per heavy atom. The molecule has 1 amide bonds. The lowest BCUT2D eigenvalue weighted by molar-refractivity contribution is 0.0771. The molecule has 0 spiro atoms. The lowest BCUT2D eigenvalue weighted by atomic mass is 10.1. The molecule has 0 aromatic heterocycles. The third-order valence-corrected chi connectivity index (χ3v) is 3.43. The summed E-state index contributed by atoms with van der Waals surface area (Å²) in [6.45, 7) is 1.29. The number of carbonyl (C=O) groups excluding carboxylic acids is 1. The fourth-order valence-corrected chi connectivity index (χ4v) is 2.18. The molecule has 0 saturated carbocycles. The summed E-state index contributed by atoms with van der Waals surface area (Å²) in [7, 11) is 0. The highest BCUT2D eigenvalue weighted by atomic mass is 35.5. The number of hydrogen-bond donors (Lipinski definition) is 1. The molecule has 0 aliphatic carbocycles. The Bertz CT molecular complexity index is 486. The molecule has 1 heterocycles. The maximum Gasteiger partial charge on any atom is 0.255 e. The molecule has 1 aromatic rings. The van der Waals surface area contributed by atoms with Crippen LogP contribution in [0.25, 0.3) is 0 Å². The molecule has 90 valence electrons. The molecule has 0 saturated heterocycles. The minimum absolute atomic E-state index is 0.131. The van der Waals surface area contributed by atoms with Gasteiger partial charge in [0.2, 0.25) is 0 Å². The smallest absolute Gasteiger partial charge is 0.255 e. The number of carbonyl (C=O) groups is 1. The Kier molecular flexibility index (Phi) is 3.60. The number of hydrogen-bond acceptors (Lipinski definition) is 2. The molecule has 0 radical (unpaired) electrons. The molecule has 0 atom stereocenters. The van der Waals surface area contributed by atoms with Crippen LogP contribution in [0.15, 0.2) is 24.3 Å². The molecule has 1 aliphatic rings. The molecular weight excluding hydrogens is 259 g/mol. The van der Waals surface area contributed by atoms with E-state index in [9.17, 15) is 4.79 Å². The standard InChI is InChI=1S/C12H12Cl2N2O/c13-10-7-8(15)6-9(11(10)14)12(17)16-4-2-1-3-5-16/h1-2,6-7H,3-5,15H2. The first-order valence-electron chi connectivity index (χ1n) is 5.28. The second kappa shape index (κ2) is 4.98. The summed E-state index contributed by atoms with van der Waals surface area (Å²) in [6.07, 6.45) is 4.88. The Balaban J connectivity index is 2.33. The van der Waals surface area contributed by atoms with Crippen LogP contribution in [0, 0.1) is 0 Å². The van der Waals surface area contributed by atoms with Crippen LogP contribution in [0.2, 0.25) is 10.0 Å². The summed E-state index contributed by atoms with van der Waals surface area (Å²) in [5.74, 6) is -0.131. The Hall–Kier alpha value is -1.19.